The van der Waals surface area contributed by atoms with Crippen LogP contribution in [0.25, 0.3) is 11.5 Å². The Morgan fingerprint density at radius 1 is 1.19 bits per heavy atom. The Hall–Kier alpha value is -2.95. The van der Waals surface area contributed by atoms with Crippen LogP contribution in [-0.2, 0) is 17.6 Å². The summed E-state index contributed by atoms with van der Waals surface area (Å²) < 4.78 is 5.74. The lowest BCUT2D eigenvalue weighted by Gasteiger charge is -2.04. The molecule has 0 aliphatic heterocycles. The van der Waals surface area contributed by atoms with Crippen molar-refractivity contribution in [2.24, 2.45) is 0 Å². The molecule has 1 amide bonds. The van der Waals surface area contributed by atoms with Gasteiger partial charge >= 0.3 is 0 Å². The fraction of sp³-hybridized carbons (Fsp3) is 0.286. The number of benzene rings is 1. The fourth-order valence-electron chi connectivity index (χ4n) is 2.77. The Morgan fingerprint density at radius 2 is 2.08 bits per heavy atom. The molecule has 26 heavy (non-hydrogen) atoms. The van der Waals surface area contributed by atoms with Gasteiger partial charge in [0.05, 0.1) is 12.1 Å². The summed E-state index contributed by atoms with van der Waals surface area (Å²) in [6.07, 6.45) is 5.62. The number of carbonyl (C=O) groups excluding carboxylic acids is 1. The molecule has 1 N–H and O–H groups in total. The molecule has 2 aromatic heterocycles. The van der Waals surface area contributed by atoms with E-state index in [1.807, 2.05) is 56.4 Å². The van der Waals surface area contributed by atoms with Crippen molar-refractivity contribution >= 4 is 5.91 Å². The summed E-state index contributed by atoms with van der Waals surface area (Å²) in [7, 11) is 0. The molecule has 3 rings (SSSR count). The Kier molecular flexibility index (Phi) is 5.79. The average Bonchev–Trinajstić information content (AvgIpc) is 3.00. The molecule has 2 heterocycles. The van der Waals surface area contributed by atoms with Crippen molar-refractivity contribution in [1.82, 2.24) is 15.3 Å². The predicted octanol–water partition coefficient (Wildman–Crippen LogP) is 3.64. The third-order valence-electron chi connectivity index (χ3n) is 4.17. The summed E-state index contributed by atoms with van der Waals surface area (Å²) in [5.41, 5.74) is 3.94. The van der Waals surface area contributed by atoms with E-state index < -0.39 is 0 Å². The maximum Gasteiger partial charge on any atom is 0.226 e. The lowest BCUT2D eigenvalue weighted by molar-refractivity contribution is -0.120. The van der Waals surface area contributed by atoms with Gasteiger partial charge in [-0.2, -0.15) is 0 Å². The van der Waals surface area contributed by atoms with Crippen LogP contribution in [0.2, 0.25) is 0 Å². The van der Waals surface area contributed by atoms with E-state index in [-0.39, 0.29) is 12.3 Å². The van der Waals surface area contributed by atoms with Gasteiger partial charge in [-0.15, -0.1) is 0 Å². The summed E-state index contributed by atoms with van der Waals surface area (Å²) in [6, 6.07) is 11.9. The number of amides is 1. The molecular formula is C21H23N3O2. The Labute approximate surface area is 153 Å². The molecular weight excluding hydrogens is 326 g/mol. The van der Waals surface area contributed by atoms with Crippen molar-refractivity contribution in [2.75, 3.05) is 6.54 Å². The Morgan fingerprint density at radius 3 is 2.85 bits per heavy atom. The van der Waals surface area contributed by atoms with E-state index >= 15 is 0 Å². The van der Waals surface area contributed by atoms with Gasteiger partial charge < -0.3 is 9.73 Å². The summed E-state index contributed by atoms with van der Waals surface area (Å²) in [5, 5.41) is 2.95. The van der Waals surface area contributed by atoms with Crippen LogP contribution in [0, 0.1) is 13.8 Å². The molecule has 0 bridgehead atoms. The van der Waals surface area contributed by atoms with Crippen molar-refractivity contribution in [1.29, 1.82) is 0 Å². The van der Waals surface area contributed by atoms with Crippen molar-refractivity contribution in [3.8, 4) is 11.5 Å². The van der Waals surface area contributed by atoms with E-state index in [4.69, 9.17) is 4.42 Å². The van der Waals surface area contributed by atoms with Gasteiger partial charge in [0.1, 0.15) is 5.76 Å². The number of aromatic nitrogens is 2. The highest BCUT2D eigenvalue weighted by Gasteiger charge is 2.14. The summed E-state index contributed by atoms with van der Waals surface area (Å²) in [4.78, 5) is 20.8. The molecule has 0 saturated heterocycles. The zero-order chi connectivity index (χ0) is 18.4. The minimum atomic E-state index is -0.0385. The van der Waals surface area contributed by atoms with Gasteiger partial charge in [0, 0.05) is 24.5 Å². The first-order chi connectivity index (χ1) is 12.6. The molecule has 3 aromatic rings. The van der Waals surface area contributed by atoms with Crippen molar-refractivity contribution < 1.29 is 9.21 Å². The van der Waals surface area contributed by atoms with Crippen molar-refractivity contribution in [3.63, 3.8) is 0 Å². The fourth-order valence-corrected chi connectivity index (χ4v) is 2.77. The smallest absolute Gasteiger partial charge is 0.226 e. The number of aryl methyl sites for hydroxylation is 3. The van der Waals surface area contributed by atoms with Crippen LogP contribution >= 0.6 is 0 Å². The maximum atomic E-state index is 12.2. The Balaban J connectivity index is 1.51. The average molecular weight is 349 g/mol. The van der Waals surface area contributed by atoms with Gasteiger partial charge in [-0.05, 0) is 50.5 Å². The van der Waals surface area contributed by atoms with Gasteiger partial charge in [-0.3, -0.25) is 9.78 Å². The normalized spacial score (nSPS) is 10.7. The first-order valence-electron chi connectivity index (χ1n) is 8.81. The number of rotatable bonds is 7. The second kappa shape index (κ2) is 8.43. The molecule has 5 nitrogen and oxygen atoms in total. The minimum absolute atomic E-state index is 0.0385. The molecule has 0 aliphatic carbocycles. The minimum Gasteiger partial charge on any atom is -0.441 e. The SMILES string of the molecule is Cc1cccc(-c2nc(CC(=O)NCCCc3cccnc3)c(C)o2)c1. The monoisotopic (exact) mass is 349 g/mol. The highest BCUT2D eigenvalue weighted by molar-refractivity contribution is 5.78. The van der Waals surface area contributed by atoms with Gasteiger partial charge in [0.25, 0.3) is 0 Å². The van der Waals surface area contributed by atoms with Crippen LogP contribution in [0.1, 0.15) is 29.0 Å². The number of hydrogen-bond acceptors (Lipinski definition) is 4. The van der Waals surface area contributed by atoms with Crippen LogP contribution < -0.4 is 5.32 Å². The van der Waals surface area contributed by atoms with E-state index in [0.29, 0.717) is 23.9 Å². The molecule has 0 saturated carbocycles. The van der Waals surface area contributed by atoms with E-state index in [1.54, 1.807) is 6.20 Å². The molecule has 1 aromatic carbocycles. The summed E-state index contributed by atoms with van der Waals surface area (Å²) in [5.74, 6) is 1.21. The topological polar surface area (TPSA) is 68.0 Å². The number of hydrogen-bond donors (Lipinski definition) is 1. The van der Waals surface area contributed by atoms with Crippen molar-refractivity contribution in [2.45, 2.75) is 33.1 Å². The molecule has 0 atom stereocenters. The van der Waals surface area contributed by atoms with Crippen LogP contribution in [0.4, 0.5) is 0 Å². The molecule has 134 valence electrons. The number of nitrogens with zero attached hydrogens (tertiary/aromatic N) is 2. The quantitative estimate of drug-likeness (QED) is 0.661. The van der Waals surface area contributed by atoms with Gasteiger partial charge in [0.2, 0.25) is 11.8 Å². The van der Waals surface area contributed by atoms with Gasteiger partial charge in [-0.1, -0.05) is 23.8 Å². The first kappa shape index (κ1) is 17.9. The van der Waals surface area contributed by atoms with Crippen LogP contribution in [0.15, 0.2) is 53.2 Å². The molecule has 0 aliphatic rings. The van der Waals surface area contributed by atoms with E-state index in [1.165, 1.54) is 5.56 Å². The third kappa shape index (κ3) is 4.79. The van der Waals surface area contributed by atoms with Crippen LogP contribution in [0.5, 0.6) is 0 Å². The molecule has 0 fully saturated rings. The summed E-state index contributed by atoms with van der Waals surface area (Å²) >= 11 is 0. The maximum absolute atomic E-state index is 12.2. The van der Waals surface area contributed by atoms with Crippen LogP contribution in [0.3, 0.4) is 0 Å². The van der Waals surface area contributed by atoms with E-state index in [0.717, 1.165) is 24.0 Å². The Bertz CT molecular complexity index is 872. The second-order valence-corrected chi connectivity index (χ2v) is 6.38. The number of nitrogens with one attached hydrogen (secondary N) is 1. The van der Waals surface area contributed by atoms with Crippen molar-refractivity contribution in [3.05, 3.63) is 71.4 Å². The van der Waals surface area contributed by atoms with Gasteiger partial charge in [-0.25, -0.2) is 4.98 Å². The van der Waals surface area contributed by atoms with Crippen LogP contribution in [-0.4, -0.2) is 22.4 Å². The second-order valence-electron chi connectivity index (χ2n) is 6.38. The highest BCUT2D eigenvalue weighted by Crippen LogP contribution is 2.22. The highest BCUT2D eigenvalue weighted by atomic mass is 16.4. The number of oxazole rings is 1. The molecule has 0 spiro atoms. The molecule has 0 radical (unpaired) electrons. The number of carbonyl (C=O) groups is 1. The first-order valence-corrected chi connectivity index (χ1v) is 8.81. The molecule has 5 heteroatoms. The standard InChI is InChI=1S/C21H23N3O2/c1-15-6-3-9-18(12-15)21-24-19(16(2)26-21)13-20(25)23-11-5-8-17-7-4-10-22-14-17/h3-4,6-7,9-10,12,14H,5,8,11,13H2,1-2H3,(H,23,25). The van der Waals surface area contributed by atoms with Gasteiger partial charge in [0.15, 0.2) is 0 Å². The predicted molar refractivity (Wildman–Crippen MR) is 101 cm³/mol. The molecule has 0 unspecified atom stereocenters. The lowest BCUT2D eigenvalue weighted by Crippen LogP contribution is -2.26. The zero-order valence-electron chi connectivity index (χ0n) is 15.2. The van der Waals surface area contributed by atoms with E-state index in [9.17, 15) is 4.79 Å². The largest absolute Gasteiger partial charge is 0.441 e. The van der Waals surface area contributed by atoms with E-state index in [2.05, 4.69) is 15.3 Å². The summed E-state index contributed by atoms with van der Waals surface area (Å²) in [6.45, 7) is 4.51. The lowest BCUT2D eigenvalue weighted by atomic mass is 10.1. The third-order valence-corrected chi connectivity index (χ3v) is 4.17. The zero-order valence-corrected chi connectivity index (χ0v) is 15.2. The number of pyridine rings is 1.